The van der Waals surface area contributed by atoms with Crippen molar-refractivity contribution in [3.8, 4) is 0 Å². The van der Waals surface area contributed by atoms with E-state index in [0.717, 1.165) is 23.6 Å². The molecule has 3 rings (SSSR count). The summed E-state index contributed by atoms with van der Waals surface area (Å²) in [4.78, 5) is 63.0. The van der Waals surface area contributed by atoms with E-state index >= 15 is 0 Å². The van der Waals surface area contributed by atoms with Crippen molar-refractivity contribution < 1.29 is 19.1 Å². The first-order valence-corrected chi connectivity index (χ1v) is 10.8. The van der Waals surface area contributed by atoms with Crippen LogP contribution in [0, 0.1) is 0 Å². The summed E-state index contributed by atoms with van der Waals surface area (Å²) in [6.45, 7) is 2.63. The molecule has 3 amide bonds. The van der Waals surface area contributed by atoms with E-state index in [4.69, 9.17) is 4.74 Å². The second kappa shape index (κ2) is 11.2. The predicted octanol–water partition coefficient (Wildman–Crippen LogP) is 0.224. The van der Waals surface area contributed by atoms with E-state index in [-0.39, 0.29) is 43.1 Å². The smallest absolute Gasteiger partial charge is 0.328 e. The first-order valence-electron chi connectivity index (χ1n) is 10.8. The number of H-pyrrole nitrogens is 1. The number of anilines is 1. The van der Waals surface area contributed by atoms with Crippen LogP contribution in [0.25, 0.3) is 0 Å². The Morgan fingerprint density at radius 1 is 1.09 bits per heavy atom. The Hall–Kier alpha value is -3.73. The van der Waals surface area contributed by atoms with Crippen molar-refractivity contribution in [3.63, 3.8) is 0 Å². The monoisotopic (exact) mass is 457 g/mol. The van der Waals surface area contributed by atoms with E-state index in [0.29, 0.717) is 24.3 Å². The summed E-state index contributed by atoms with van der Waals surface area (Å²) in [6.07, 6.45) is 2.83. The van der Waals surface area contributed by atoms with Crippen molar-refractivity contribution in [1.82, 2.24) is 20.2 Å². The van der Waals surface area contributed by atoms with Crippen LogP contribution < -0.4 is 27.2 Å². The summed E-state index contributed by atoms with van der Waals surface area (Å²) in [6, 6.07) is 6.41. The van der Waals surface area contributed by atoms with Crippen LogP contribution in [0.2, 0.25) is 0 Å². The molecule has 0 aliphatic carbocycles. The van der Waals surface area contributed by atoms with E-state index in [9.17, 15) is 24.0 Å². The maximum Gasteiger partial charge on any atom is 0.328 e. The molecule has 1 aliphatic rings. The van der Waals surface area contributed by atoms with Crippen molar-refractivity contribution in [1.29, 1.82) is 0 Å². The summed E-state index contributed by atoms with van der Waals surface area (Å²) in [5, 5.41) is 7.91. The number of hydrogen-bond acceptors (Lipinski definition) is 6. The van der Waals surface area contributed by atoms with Crippen molar-refractivity contribution in [3.05, 3.63) is 62.4 Å². The molecule has 0 spiro atoms. The lowest BCUT2D eigenvalue weighted by Gasteiger charge is -2.12. The topological polar surface area (TPSA) is 151 Å². The SMILES string of the molecule is CCC(=O)Nc1ccc(C(=O)NCCNC(=O)c2c[nH]c(=O)n(CC3CCCO3)c2=O)cc1. The van der Waals surface area contributed by atoms with Gasteiger partial charge in [0, 0.05) is 43.6 Å². The summed E-state index contributed by atoms with van der Waals surface area (Å²) in [5.74, 6) is -1.12. The third-order valence-electron chi connectivity index (χ3n) is 5.16. The number of amides is 3. The molecule has 1 unspecified atom stereocenters. The van der Waals surface area contributed by atoms with Gasteiger partial charge in [-0.1, -0.05) is 6.92 Å². The lowest BCUT2D eigenvalue weighted by Crippen LogP contribution is -2.43. The van der Waals surface area contributed by atoms with Crippen molar-refractivity contribution >= 4 is 23.4 Å². The first kappa shape index (κ1) is 23.9. The van der Waals surface area contributed by atoms with E-state index in [1.165, 1.54) is 0 Å². The number of carbonyl (C=O) groups excluding carboxylic acids is 3. The van der Waals surface area contributed by atoms with Gasteiger partial charge in [-0.15, -0.1) is 0 Å². The largest absolute Gasteiger partial charge is 0.376 e. The number of aromatic amines is 1. The average Bonchev–Trinajstić information content (AvgIpc) is 3.33. The molecule has 11 nitrogen and oxygen atoms in total. The van der Waals surface area contributed by atoms with Gasteiger partial charge < -0.3 is 25.7 Å². The Morgan fingerprint density at radius 3 is 2.42 bits per heavy atom. The second-order valence-electron chi connectivity index (χ2n) is 7.55. The van der Waals surface area contributed by atoms with E-state index < -0.39 is 17.2 Å². The Balaban J connectivity index is 1.50. The Morgan fingerprint density at radius 2 is 1.79 bits per heavy atom. The highest BCUT2D eigenvalue weighted by atomic mass is 16.5. The van der Waals surface area contributed by atoms with Crippen LogP contribution in [-0.2, 0) is 16.1 Å². The number of hydrogen-bond donors (Lipinski definition) is 4. The van der Waals surface area contributed by atoms with E-state index in [1.807, 2.05) is 0 Å². The molecule has 0 bridgehead atoms. The lowest BCUT2D eigenvalue weighted by molar-refractivity contribution is -0.115. The van der Waals surface area contributed by atoms with Gasteiger partial charge in [0.15, 0.2) is 0 Å². The first-order chi connectivity index (χ1) is 15.9. The quantitative estimate of drug-likeness (QED) is 0.396. The lowest BCUT2D eigenvalue weighted by atomic mass is 10.2. The summed E-state index contributed by atoms with van der Waals surface area (Å²) in [5.41, 5.74) is -0.487. The van der Waals surface area contributed by atoms with Gasteiger partial charge in [-0.3, -0.25) is 23.7 Å². The van der Waals surface area contributed by atoms with Crippen LogP contribution in [0.4, 0.5) is 5.69 Å². The van der Waals surface area contributed by atoms with Gasteiger partial charge in [-0.05, 0) is 37.1 Å². The molecule has 176 valence electrons. The minimum Gasteiger partial charge on any atom is -0.376 e. The molecule has 1 aromatic carbocycles. The predicted molar refractivity (Wildman–Crippen MR) is 120 cm³/mol. The number of nitrogens with one attached hydrogen (secondary N) is 4. The molecule has 0 radical (unpaired) electrons. The summed E-state index contributed by atoms with van der Waals surface area (Å²) in [7, 11) is 0. The number of aromatic nitrogens is 2. The molecule has 2 heterocycles. The van der Waals surface area contributed by atoms with Crippen LogP contribution in [0.5, 0.6) is 0 Å². The molecule has 33 heavy (non-hydrogen) atoms. The Labute approximate surface area is 189 Å². The molecular formula is C22H27N5O6. The van der Waals surface area contributed by atoms with Crippen LogP contribution in [0.15, 0.2) is 40.1 Å². The Bertz CT molecular complexity index is 1120. The standard InChI is InChI=1S/C22H27N5O6/c1-2-18(28)26-15-7-5-14(6-8-15)19(29)23-9-10-24-20(30)17-12-25-22(32)27(21(17)31)13-16-4-3-11-33-16/h5-8,12,16H,2-4,9-11,13H2,1H3,(H,23,29)(H,24,30)(H,25,32)(H,26,28). The molecule has 4 N–H and O–H groups in total. The third-order valence-corrected chi connectivity index (χ3v) is 5.16. The molecule has 2 aromatic rings. The van der Waals surface area contributed by atoms with Gasteiger partial charge in [-0.2, -0.15) is 0 Å². The van der Waals surface area contributed by atoms with Gasteiger partial charge in [0.25, 0.3) is 17.4 Å². The zero-order valence-corrected chi connectivity index (χ0v) is 18.3. The van der Waals surface area contributed by atoms with Gasteiger partial charge >= 0.3 is 5.69 Å². The second-order valence-corrected chi connectivity index (χ2v) is 7.55. The Kier molecular flexibility index (Phi) is 8.14. The molecule has 0 saturated carbocycles. The van der Waals surface area contributed by atoms with Crippen LogP contribution >= 0.6 is 0 Å². The van der Waals surface area contributed by atoms with Crippen LogP contribution in [0.1, 0.15) is 46.9 Å². The zero-order valence-electron chi connectivity index (χ0n) is 18.3. The number of benzene rings is 1. The normalized spacial score (nSPS) is 15.1. The molecule has 1 fully saturated rings. The highest BCUT2D eigenvalue weighted by Gasteiger charge is 2.20. The molecule has 1 aliphatic heterocycles. The molecule has 1 atom stereocenters. The fourth-order valence-electron chi connectivity index (χ4n) is 3.34. The van der Waals surface area contributed by atoms with Crippen molar-refractivity contribution in [2.24, 2.45) is 0 Å². The molecule has 1 aromatic heterocycles. The highest BCUT2D eigenvalue weighted by molar-refractivity contribution is 5.96. The minimum absolute atomic E-state index is 0.0829. The average molecular weight is 457 g/mol. The number of nitrogens with zero attached hydrogens (tertiary/aromatic N) is 1. The number of rotatable bonds is 9. The fraction of sp³-hybridized carbons (Fsp3) is 0.409. The van der Waals surface area contributed by atoms with E-state index in [1.54, 1.807) is 31.2 Å². The molecule has 1 saturated heterocycles. The maximum absolute atomic E-state index is 12.6. The van der Waals surface area contributed by atoms with Gasteiger partial charge in [-0.25, -0.2) is 4.79 Å². The number of ether oxygens (including phenoxy) is 1. The number of carbonyl (C=O) groups is 3. The maximum atomic E-state index is 12.6. The third kappa shape index (κ3) is 6.39. The van der Waals surface area contributed by atoms with Crippen LogP contribution in [-0.4, -0.2) is 53.1 Å². The van der Waals surface area contributed by atoms with E-state index in [2.05, 4.69) is 20.9 Å². The fourth-order valence-corrected chi connectivity index (χ4v) is 3.34. The van der Waals surface area contributed by atoms with Gasteiger partial charge in [0.1, 0.15) is 5.56 Å². The highest BCUT2D eigenvalue weighted by Crippen LogP contribution is 2.12. The van der Waals surface area contributed by atoms with Crippen molar-refractivity contribution in [2.75, 3.05) is 25.0 Å². The van der Waals surface area contributed by atoms with Gasteiger partial charge in [0.05, 0.1) is 12.6 Å². The molecular weight excluding hydrogens is 430 g/mol. The molecule has 11 heteroatoms. The zero-order chi connectivity index (χ0) is 23.8. The summed E-state index contributed by atoms with van der Waals surface area (Å²) < 4.78 is 6.43. The van der Waals surface area contributed by atoms with Crippen LogP contribution in [0.3, 0.4) is 0 Å². The van der Waals surface area contributed by atoms with Gasteiger partial charge in [0.2, 0.25) is 5.91 Å². The minimum atomic E-state index is -0.689. The summed E-state index contributed by atoms with van der Waals surface area (Å²) >= 11 is 0. The van der Waals surface area contributed by atoms with Crippen molar-refractivity contribution in [2.45, 2.75) is 38.8 Å².